The van der Waals surface area contributed by atoms with Crippen molar-refractivity contribution in [3.05, 3.63) is 18.1 Å². The summed E-state index contributed by atoms with van der Waals surface area (Å²) in [6, 6.07) is 0. The lowest BCUT2D eigenvalue weighted by atomic mass is 9.71. The van der Waals surface area contributed by atoms with Gasteiger partial charge in [0.2, 0.25) is 5.88 Å². The molecule has 1 heterocycles. The summed E-state index contributed by atoms with van der Waals surface area (Å²) in [4.78, 5) is 8.46. The Bertz CT molecular complexity index is 389. The van der Waals surface area contributed by atoms with E-state index >= 15 is 0 Å². The van der Waals surface area contributed by atoms with Crippen LogP contribution in [0.15, 0.2) is 12.4 Å². The molecule has 2 rings (SSSR count). The van der Waals surface area contributed by atoms with Crippen molar-refractivity contribution in [2.45, 2.75) is 52.7 Å². The van der Waals surface area contributed by atoms with Gasteiger partial charge in [0.15, 0.2) is 0 Å². The third-order valence-electron chi connectivity index (χ3n) is 3.52. The molecule has 0 radical (unpaired) electrons. The number of hydrogen-bond donors (Lipinski definition) is 1. The van der Waals surface area contributed by atoms with Crippen LogP contribution in [0.4, 0.5) is 0 Å². The molecule has 1 aromatic rings. The van der Waals surface area contributed by atoms with Crippen molar-refractivity contribution in [1.29, 1.82) is 0 Å². The minimum Gasteiger partial charge on any atom is -0.473 e. The zero-order valence-electron chi connectivity index (χ0n) is 11.5. The monoisotopic (exact) mass is 249 g/mol. The first-order valence-corrected chi connectivity index (χ1v) is 6.66. The number of hydrogen-bond acceptors (Lipinski definition) is 4. The Hall–Kier alpha value is -1.16. The van der Waals surface area contributed by atoms with Gasteiger partial charge in [-0.2, -0.15) is 0 Å². The third-order valence-corrected chi connectivity index (χ3v) is 3.52. The molecule has 1 fully saturated rings. The molecule has 0 amide bonds. The topological polar surface area (TPSA) is 61.0 Å². The van der Waals surface area contributed by atoms with Crippen molar-refractivity contribution < 1.29 is 4.74 Å². The van der Waals surface area contributed by atoms with Crippen LogP contribution in [-0.2, 0) is 6.54 Å². The maximum atomic E-state index is 5.95. The molecule has 0 bridgehead atoms. The molecule has 2 N–H and O–H groups in total. The molecule has 0 aromatic carbocycles. The summed E-state index contributed by atoms with van der Waals surface area (Å²) < 4.78 is 5.95. The Kier molecular flexibility index (Phi) is 3.85. The highest BCUT2D eigenvalue weighted by atomic mass is 16.5. The van der Waals surface area contributed by atoms with E-state index in [1.165, 1.54) is 6.42 Å². The first-order chi connectivity index (χ1) is 8.48. The quantitative estimate of drug-likeness (QED) is 0.894. The molecule has 2 unspecified atom stereocenters. The van der Waals surface area contributed by atoms with Crippen molar-refractivity contribution in [1.82, 2.24) is 9.97 Å². The number of ether oxygens (including phenoxy) is 1. The van der Waals surface area contributed by atoms with Crippen LogP contribution >= 0.6 is 0 Å². The SMILES string of the molecule is CC1CC(Oc2cnc(CN)cn2)CC(C)(C)C1. The fourth-order valence-electron chi connectivity index (χ4n) is 3.03. The van der Waals surface area contributed by atoms with Gasteiger partial charge in [0.1, 0.15) is 6.10 Å². The van der Waals surface area contributed by atoms with E-state index < -0.39 is 0 Å². The first kappa shape index (κ1) is 13.3. The van der Waals surface area contributed by atoms with Crippen LogP contribution in [0.5, 0.6) is 5.88 Å². The molecule has 18 heavy (non-hydrogen) atoms. The number of aromatic nitrogens is 2. The van der Waals surface area contributed by atoms with Crippen molar-refractivity contribution >= 4 is 0 Å². The summed E-state index contributed by atoms with van der Waals surface area (Å²) >= 11 is 0. The smallest absolute Gasteiger partial charge is 0.232 e. The average molecular weight is 249 g/mol. The van der Waals surface area contributed by atoms with Gasteiger partial charge in [0, 0.05) is 6.54 Å². The summed E-state index contributed by atoms with van der Waals surface area (Å²) in [5, 5.41) is 0. The van der Waals surface area contributed by atoms with Gasteiger partial charge in [-0.25, -0.2) is 4.98 Å². The molecule has 4 nitrogen and oxygen atoms in total. The van der Waals surface area contributed by atoms with E-state index in [1.807, 2.05) is 0 Å². The summed E-state index contributed by atoms with van der Waals surface area (Å²) in [6.45, 7) is 7.33. The van der Waals surface area contributed by atoms with Crippen LogP contribution in [0.25, 0.3) is 0 Å². The molecule has 0 aliphatic heterocycles. The highest BCUT2D eigenvalue weighted by Gasteiger charge is 2.33. The molecule has 2 atom stereocenters. The molecule has 1 aliphatic carbocycles. The Morgan fingerprint density at radius 3 is 2.67 bits per heavy atom. The third kappa shape index (κ3) is 3.42. The Morgan fingerprint density at radius 2 is 2.11 bits per heavy atom. The maximum Gasteiger partial charge on any atom is 0.232 e. The van der Waals surface area contributed by atoms with Gasteiger partial charge >= 0.3 is 0 Å². The largest absolute Gasteiger partial charge is 0.473 e. The zero-order chi connectivity index (χ0) is 13.2. The first-order valence-electron chi connectivity index (χ1n) is 6.66. The maximum absolute atomic E-state index is 5.95. The molecule has 0 spiro atoms. The van der Waals surface area contributed by atoms with Gasteiger partial charge in [0.25, 0.3) is 0 Å². The van der Waals surface area contributed by atoms with Gasteiger partial charge in [-0.1, -0.05) is 20.8 Å². The Balaban J connectivity index is 1.99. The second kappa shape index (κ2) is 5.22. The van der Waals surface area contributed by atoms with Gasteiger partial charge < -0.3 is 10.5 Å². The number of rotatable bonds is 3. The molecule has 1 aliphatic rings. The van der Waals surface area contributed by atoms with Crippen molar-refractivity contribution in [2.24, 2.45) is 17.1 Å². The predicted octanol–water partition coefficient (Wildman–Crippen LogP) is 2.53. The normalized spacial score (nSPS) is 26.9. The number of nitrogens with two attached hydrogens (primary N) is 1. The van der Waals surface area contributed by atoms with E-state index in [0.717, 1.165) is 18.5 Å². The highest BCUT2D eigenvalue weighted by Crippen LogP contribution is 2.39. The predicted molar refractivity (Wildman–Crippen MR) is 71.1 cm³/mol. The lowest BCUT2D eigenvalue weighted by molar-refractivity contribution is 0.0529. The van der Waals surface area contributed by atoms with Crippen LogP contribution in [0.2, 0.25) is 0 Å². The molecule has 1 aromatic heterocycles. The lowest BCUT2D eigenvalue weighted by Gasteiger charge is -2.38. The van der Waals surface area contributed by atoms with Crippen molar-refractivity contribution in [2.75, 3.05) is 0 Å². The van der Waals surface area contributed by atoms with Crippen LogP contribution in [0.1, 0.15) is 45.7 Å². The van der Waals surface area contributed by atoms with Gasteiger partial charge in [-0.05, 0) is 30.6 Å². The molecule has 0 saturated heterocycles. The van der Waals surface area contributed by atoms with Crippen LogP contribution in [-0.4, -0.2) is 16.1 Å². The van der Waals surface area contributed by atoms with E-state index in [1.54, 1.807) is 12.4 Å². The van der Waals surface area contributed by atoms with E-state index in [-0.39, 0.29) is 6.10 Å². The minimum absolute atomic E-state index is 0.252. The van der Waals surface area contributed by atoms with Crippen LogP contribution in [0.3, 0.4) is 0 Å². The van der Waals surface area contributed by atoms with Gasteiger partial charge in [-0.3, -0.25) is 4.98 Å². The summed E-state index contributed by atoms with van der Waals surface area (Å²) in [5.41, 5.74) is 6.64. The van der Waals surface area contributed by atoms with E-state index in [9.17, 15) is 0 Å². The fourth-order valence-corrected chi connectivity index (χ4v) is 3.03. The van der Waals surface area contributed by atoms with Crippen molar-refractivity contribution in [3.8, 4) is 5.88 Å². The van der Waals surface area contributed by atoms with Gasteiger partial charge in [0.05, 0.1) is 18.1 Å². The molecular formula is C14H23N3O. The summed E-state index contributed by atoms with van der Waals surface area (Å²) in [7, 11) is 0. The summed E-state index contributed by atoms with van der Waals surface area (Å²) in [6.07, 6.45) is 7.06. The average Bonchev–Trinajstić information content (AvgIpc) is 2.27. The second-order valence-electron chi connectivity index (χ2n) is 6.20. The molecule has 1 saturated carbocycles. The fraction of sp³-hybridized carbons (Fsp3) is 0.714. The Labute approximate surface area is 109 Å². The minimum atomic E-state index is 0.252. The second-order valence-corrected chi connectivity index (χ2v) is 6.20. The zero-order valence-corrected chi connectivity index (χ0v) is 11.5. The standard InChI is InChI=1S/C14H23N3O/c1-10-4-12(6-14(2,3)5-10)18-13-9-16-11(7-15)8-17-13/h8-10,12H,4-7,15H2,1-3H3. The Morgan fingerprint density at radius 1 is 1.33 bits per heavy atom. The highest BCUT2D eigenvalue weighted by molar-refractivity contribution is 5.07. The lowest BCUT2D eigenvalue weighted by Crippen LogP contribution is -2.34. The van der Waals surface area contributed by atoms with Crippen LogP contribution < -0.4 is 10.5 Å². The van der Waals surface area contributed by atoms with E-state index in [4.69, 9.17) is 10.5 Å². The molecule has 100 valence electrons. The molecular weight excluding hydrogens is 226 g/mol. The van der Waals surface area contributed by atoms with E-state index in [0.29, 0.717) is 23.8 Å². The van der Waals surface area contributed by atoms with Crippen molar-refractivity contribution in [3.63, 3.8) is 0 Å². The molecule has 4 heteroatoms. The van der Waals surface area contributed by atoms with Crippen LogP contribution in [0, 0.1) is 11.3 Å². The van der Waals surface area contributed by atoms with Gasteiger partial charge in [-0.15, -0.1) is 0 Å². The van der Waals surface area contributed by atoms with E-state index in [2.05, 4.69) is 30.7 Å². The summed E-state index contributed by atoms with van der Waals surface area (Å²) in [5.74, 6) is 1.32. The number of nitrogens with zero attached hydrogens (tertiary/aromatic N) is 2.